The zero-order valence-electron chi connectivity index (χ0n) is 12.4. The molecule has 2 rings (SSSR count). The van der Waals surface area contributed by atoms with Crippen molar-refractivity contribution in [3.63, 3.8) is 0 Å². The smallest absolute Gasteiger partial charge is 0.222 e. The molecule has 0 aliphatic carbocycles. The van der Waals surface area contributed by atoms with E-state index in [1.165, 1.54) is 32.2 Å². The topological polar surface area (TPSA) is 32.8 Å². The van der Waals surface area contributed by atoms with Crippen LogP contribution in [-0.2, 0) is 9.53 Å². The Bertz CT molecular complexity index is 296. The zero-order chi connectivity index (χ0) is 13.7. The quantitative estimate of drug-likeness (QED) is 0.690. The average molecular weight is 268 g/mol. The Hall–Kier alpha value is -0.610. The highest BCUT2D eigenvalue weighted by Gasteiger charge is 2.38. The van der Waals surface area contributed by atoms with Crippen LogP contribution < -0.4 is 0 Å². The summed E-state index contributed by atoms with van der Waals surface area (Å²) in [5, 5.41) is 0. The molecule has 1 amide bonds. The van der Waals surface area contributed by atoms with E-state index >= 15 is 0 Å². The molecule has 2 atom stereocenters. The molecule has 110 valence electrons. The first-order valence-corrected chi connectivity index (χ1v) is 7.80. The summed E-state index contributed by atoms with van der Waals surface area (Å²) in [6, 6.07) is 1.08. The first-order chi connectivity index (χ1) is 9.27. The van der Waals surface area contributed by atoms with E-state index in [-0.39, 0.29) is 0 Å². The number of likely N-dealkylation sites (N-methyl/N-ethyl adjacent to an activating group) is 1. The van der Waals surface area contributed by atoms with Gasteiger partial charge in [0.2, 0.25) is 5.91 Å². The summed E-state index contributed by atoms with van der Waals surface area (Å²) in [7, 11) is 1.70. The Balaban J connectivity index is 1.90. The van der Waals surface area contributed by atoms with Crippen molar-refractivity contribution < 1.29 is 9.53 Å². The van der Waals surface area contributed by atoms with E-state index in [9.17, 15) is 4.79 Å². The third-order valence-corrected chi connectivity index (χ3v) is 4.62. The molecule has 2 heterocycles. The van der Waals surface area contributed by atoms with E-state index < -0.39 is 0 Å². The van der Waals surface area contributed by atoms with Gasteiger partial charge in [0.25, 0.3) is 0 Å². The second-order valence-electron chi connectivity index (χ2n) is 5.73. The maximum Gasteiger partial charge on any atom is 0.222 e. The molecule has 0 unspecified atom stereocenters. The fourth-order valence-electron chi connectivity index (χ4n) is 3.69. The Morgan fingerprint density at radius 1 is 1.21 bits per heavy atom. The molecule has 2 saturated heterocycles. The Morgan fingerprint density at radius 2 is 1.95 bits per heavy atom. The lowest BCUT2D eigenvalue weighted by molar-refractivity contribution is -0.133. The van der Waals surface area contributed by atoms with Gasteiger partial charge in [0, 0.05) is 38.8 Å². The molecule has 2 aliphatic heterocycles. The van der Waals surface area contributed by atoms with Gasteiger partial charge in [-0.25, -0.2) is 0 Å². The van der Waals surface area contributed by atoms with E-state index in [0.717, 1.165) is 19.5 Å². The molecule has 0 N–H and O–H groups in total. The number of hydrogen-bond acceptors (Lipinski definition) is 3. The number of hydrogen-bond donors (Lipinski definition) is 0. The molecule has 0 aromatic rings. The summed E-state index contributed by atoms with van der Waals surface area (Å²) < 4.78 is 5.04. The molecule has 0 bridgehead atoms. The highest BCUT2D eigenvalue weighted by molar-refractivity contribution is 5.76. The summed E-state index contributed by atoms with van der Waals surface area (Å²) in [5.74, 6) is 0.336. The van der Waals surface area contributed by atoms with Crippen molar-refractivity contribution in [3.8, 4) is 0 Å². The van der Waals surface area contributed by atoms with Crippen LogP contribution in [0.4, 0.5) is 0 Å². The van der Waals surface area contributed by atoms with Crippen LogP contribution in [0.25, 0.3) is 0 Å². The number of nitrogens with zero attached hydrogens (tertiary/aromatic N) is 2. The highest BCUT2D eigenvalue weighted by atomic mass is 16.5. The van der Waals surface area contributed by atoms with Crippen LogP contribution in [0.3, 0.4) is 0 Å². The largest absolute Gasteiger partial charge is 0.385 e. The molecular formula is C15H28N2O2. The van der Waals surface area contributed by atoms with Crippen LogP contribution in [-0.4, -0.2) is 61.1 Å². The molecule has 2 fully saturated rings. The fourth-order valence-corrected chi connectivity index (χ4v) is 3.69. The first-order valence-electron chi connectivity index (χ1n) is 7.80. The van der Waals surface area contributed by atoms with Crippen molar-refractivity contribution in [3.05, 3.63) is 0 Å². The summed E-state index contributed by atoms with van der Waals surface area (Å²) >= 11 is 0. The lowest BCUT2D eigenvalue weighted by atomic mass is 10.0. The third kappa shape index (κ3) is 3.48. The van der Waals surface area contributed by atoms with Gasteiger partial charge >= 0.3 is 0 Å². The number of rotatable bonds is 6. The van der Waals surface area contributed by atoms with E-state index in [0.29, 0.717) is 31.0 Å². The number of carbonyl (C=O) groups is 1. The van der Waals surface area contributed by atoms with Crippen molar-refractivity contribution >= 4 is 5.91 Å². The normalized spacial score (nSPS) is 28.2. The van der Waals surface area contributed by atoms with E-state index in [4.69, 9.17) is 4.74 Å². The Labute approximate surface area is 117 Å². The molecule has 4 heteroatoms. The van der Waals surface area contributed by atoms with Crippen LogP contribution in [0.5, 0.6) is 0 Å². The van der Waals surface area contributed by atoms with Crippen molar-refractivity contribution in [1.29, 1.82) is 0 Å². The number of methoxy groups -OCH3 is 1. The number of carbonyl (C=O) groups excluding carboxylic acids is 1. The van der Waals surface area contributed by atoms with E-state index in [1.54, 1.807) is 7.11 Å². The van der Waals surface area contributed by atoms with Gasteiger partial charge in [0.1, 0.15) is 0 Å². The lowest BCUT2D eigenvalue weighted by Crippen LogP contribution is -2.48. The average Bonchev–Trinajstić information content (AvgIpc) is 3.06. The SMILES string of the molecule is CCN1CCC[C@@H]1[C@H]1CCCN1C(=O)CCCOC. The van der Waals surface area contributed by atoms with Crippen LogP contribution in [0, 0.1) is 0 Å². The van der Waals surface area contributed by atoms with Gasteiger partial charge in [0.05, 0.1) is 0 Å². The van der Waals surface area contributed by atoms with Gasteiger partial charge in [-0.1, -0.05) is 6.92 Å². The minimum Gasteiger partial charge on any atom is -0.385 e. The van der Waals surface area contributed by atoms with Gasteiger partial charge in [-0.05, 0) is 45.2 Å². The fraction of sp³-hybridized carbons (Fsp3) is 0.933. The number of ether oxygens (including phenoxy) is 1. The Kier molecular flexibility index (Phi) is 5.64. The molecule has 2 aliphatic rings. The molecule has 0 aromatic heterocycles. The van der Waals surface area contributed by atoms with Gasteiger partial charge in [-0.15, -0.1) is 0 Å². The molecular weight excluding hydrogens is 240 g/mol. The minimum absolute atomic E-state index is 0.336. The predicted octanol–water partition coefficient (Wildman–Crippen LogP) is 1.89. The van der Waals surface area contributed by atoms with Crippen molar-refractivity contribution in [2.75, 3.05) is 33.4 Å². The monoisotopic (exact) mass is 268 g/mol. The maximum absolute atomic E-state index is 12.3. The second-order valence-corrected chi connectivity index (χ2v) is 5.73. The van der Waals surface area contributed by atoms with E-state index in [2.05, 4.69) is 16.7 Å². The summed E-state index contributed by atoms with van der Waals surface area (Å²) in [6.45, 7) is 6.22. The maximum atomic E-state index is 12.3. The lowest BCUT2D eigenvalue weighted by Gasteiger charge is -2.34. The van der Waals surface area contributed by atoms with Gasteiger partial charge in [-0.3, -0.25) is 9.69 Å². The molecule has 0 spiro atoms. The predicted molar refractivity (Wildman–Crippen MR) is 76.1 cm³/mol. The standard InChI is InChI=1S/C15H28N2O2/c1-3-16-10-4-7-13(16)14-8-5-11-17(14)15(18)9-6-12-19-2/h13-14H,3-12H2,1-2H3/t13-,14-/m1/s1. The number of amides is 1. The van der Waals surface area contributed by atoms with Gasteiger partial charge < -0.3 is 9.64 Å². The van der Waals surface area contributed by atoms with Crippen molar-refractivity contribution in [2.24, 2.45) is 0 Å². The summed E-state index contributed by atoms with van der Waals surface area (Å²) in [6.07, 6.45) is 6.41. The molecule has 19 heavy (non-hydrogen) atoms. The molecule has 0 radical (unpaired) electrons. The zero-order valence-corrected chi connectivity index (χ0v) is 12.4. The molecule has 4 nitrogen and oxygen atoms in total. The minimum atomic E-state index is 0.336. The first kappa shape index (κ1) is 14.8. The second kappa shape index (κ2) is 7.25. The number of likely N-dealkylation sites (tertiary alicyclic amines) is 2. The molecule has 0 aromatic carbocycles. The van der Waals surface area contributed by atoms with Crippen molar-refractivity contribution in [2.45, 2.75) is 57.5 Å². The Morgan fingerprint density at radius 3 is 2.68 bits per heavy atom. The highest BCUT2D eigenvalue weighted by Crippen LogP contribution is 2.30. The van der Waals surface area contributed by atoms with Crippen LogP contribution >= 0.6 is 0 Å². The third-order valence-electron chi connectivity index (χ3n) is 4.62. The van der Waals surface area contributed by atoms with Crippen molar-refractivity contribution in [1.82, 2.24) is 9.80 Å². The van der Waals surface area contributed by atoms with Gasteiger partial charge in [0.15, 0.2) is 0 Å². The van der Waals surface area contributed by atoms with Crippen LogP contribution in [0.1, 0.15) is 45.4 Å². The van der Waals surface area contributed by atoms with Gasteiger partial charge in [-0.2, -0.15) is 0 Å². The summed E-state index contributed by atoms with van der Waals surface area (Å²) in [4.78, 5) is 17.1. The van der Waals surface area contributed by atoms with Crippen LogP contribution in [0.2, 0.25) is 0 Å². The summed E-state index contributed by atoms with van der Waals surface area (Å²) in [5.41, 5.74) is 0. The van der Waals surface area contributed by atoms with E-state index in [1.807, 2.05) is 0 Å². The molecule has 0 saturated carbocycles. The van der Waals surface area contributed by atoms with Crippen LogP contribution in [0.15, 0.2) is 0 Å².